The van der Waals surface area contributed by atoms with Crippen LogP contribution in [0.15, 0.2) is 6.07 Å². The number of benzene rings is 1. The highest BCUT2D eigenvalue weighted by Crippen LogP contribution is 2.41. The average molecular weight is 230 g/mol. The van der Waals surface area contributed by atoms with Gasteiger partial charge in [-0.2, -0.15) is 0 Å². The molecule has 1 aromatic rings. The number of hydrogen-bond acceptors (Lipinski definition) is 4. The van der Waals surface area contributed by atoms with Crippen LogP contribution in [0.5, 0.6) is 11.5 Å². The van der Waals surface area contributed by atoms with E-state index < -0.39 is 0 Å². The lowest BCUT2D eigenvalue weighted by molar-refractivity contribution is 0.141. The molecule has 1 aromatic carbocycles. The molecule has 0 aliphatic carbocycles. The Hall–Kier alpha value is -0.970. The molecule has 15 heavy (non-hydrogen) atoms. The van der Waals surface area contributed by atoms with E-state index in [4.69, 9.17) is 27.0 Å². The first-order valence-electron chi connectivity index (χ1n) is 4.63. The van der Waals surface area contributed by atoms with Crippen molar-refractivity contribution in [3.8, 4) is 11.5 Å². The molecule has 0 unspecified atom stereocenters. The quantitative estimate of drug-likeness (QED) is 0.804. The minimum atomic E-state index is 0.253. The van der Waals surface area contributed by atoms with Gasteiger partial charge in [0, 0.05) is 5.56 Å². The lowest BCUT2D eigenvalue weighted by Gasteiger charge is -2.09. The topological polar surface area (TPSA) is 53.7 Å². The van der Waals surface area contributed by atoms with Crippen LogP contribution in [0.2, 0.25) is 5.02 Å². The monoisotopic (exact) mass is 229 g/mol. The third kappa shape index (κ3) is 1.88. The molecule has 0 saturated carbocycles. The molecular weight excluding hydrogens is 218 g/mol. The van der Waals surface area contributed by atoms with Crippen LogP contribution in [0.1, 0.15) is 11.1 Å². The van der Waals surface area contributed by atoms with Gasteiger partial charge < -0.3 is 14.3 Å². The van der Waals surface area contributed by atoms with Crippen LogP contribution in [0.25, 0.3) is 0 Å². The fourth-order valence-corrected chi connectivity index (χ4v) is 1.84. The van der Waals surface area contributed by atoms with Crippen LogP contribution in [-0.2, 0) is 11.3 Å². The van der Waals surface area contributed by atoms with Gasteiger partial charge in [0.1, 0.15) is 0 Å². The highest BCUT2D eigenvalue weighted by atomic mass is 35.5. The van der Waals surface area contributed by atoms with Crippen molar-refractivity contribution in [1.29, 1.82) is 0 Å². The number of nitrogens with two attached hydrogens (primary N) is 1. The van der Waals surface area contributed by atoms with Gasteiger partial charge in [0.15, 0.2) is 11.5 Å². The SMILES string of the molecule is Cc1c(Cl)c(CCON)cc2c1OCO2. The first-order chi connectivity index (χ1) is 7.24. The first-order valence-corrected chi connectivity index (χ1v) is 5.01. The van der Waals surface area contributed by atoms with E-state index in [1.165, 1.54) is 0 Å². The molecule has 0 saturated heterocycles. The van der Waals surface area contributed by atoms with E-state index in [-0.39, 0.29) is 6.79 Å². The van der Waals surface area contributed by atoms with Gasteiger partial charge in [-0.25, -0.2) is 5.90 Å². The van der Waals surface area contributed by atoms with Gasteiger partial charge in [-0.05, 0) is 25.0 Å². The molecule has 0 bridgehead atoms. The molecule has 1 heterocycles. The molecule has 5 heteroatoms. The van der Waals surface area contributed by atoms with E-state index >= 15 is 0 Å². The standard InChI is InChI=1S/C10H12ClNO3/c1-6-9(11)7(2-3-15-12)4-8-10(6)14-5-13-8/h4H,2-3,5,12H2,1H3. The molecule has 0 amide bonds. The van der Waals surface area contributed by atoms with Crippen molar-refractivity contribution >= 4 is 11.6 Å². The lowest BCUT2D eigenvalue weighted by atomic mass is 10.1. The maximum Gasteiger partial charge on any atom is 0.231 e. The van der Waals surface area contributed by atoms with Gasteiger partial charge in [0.2, 0.25) is 6.79 Å². The number of hydrogen-bond donors (Lipinski definition) is 1. The van der Waals surface area contributed by atoms with Crippen LogP contribution >= 0.6 is 11.6 Å². The van der Waals surface area contributed by atoms with Gasteiger partial charge in [-0.1, -0.05) is 11.6 Å². The summed E-state index contributed by atoms with van der Waals surface area (Å²) < 4.78 is 10.6. The van der Waals surface area contributed by atoms with Gasteiger partial charge >= 0.3 is 0 Å². The van der Waals surface area contributed by atoms with Gasteiger partial charge in [-0.15, -0.1) is 0 Å². The summed E-state index contributed by atoms with van der Waals surface area (Å²) in [5.41, 5.74) is 1.86. The van der Waals surface area contributed by atoms with Crippen LogP contribution in [0, 0.1) is 6.92 Å². The summed E-state index contributed by atoms with van der Waals surface area (Å²) in [6.07, 6.45) is 0.660. The highest BCUT2D eigenvalue weighted by molar-refractivity contribution is 6.32. The predicted octanol–water partition coefficient (Wildman–Crippen LogP) is 1.81. The molecule has 1 aliphatic heterocycles. The molecule has 2 N–H and O–H groups in total. The first kappa shape index (κ1) is 10.5. The van der Waals surface area contributed by atoms with Gasteiger partial charge in [-0.3, -0.25) is 0 Å². The van der Waals surface area contributed by atoms with E-state index in [1.54, 1.807) is 0 Å². The molecule has 0 spiro atoms. The number of halogens is 1. The molecule has 0 aromatic heterocycles. The number of rotatable bonds is 3. The van der Waals surface area contributed by atoms with Crippen molar-refractivity contribution in [3.63, 3.8) is 0 Å². The third-order valence-corrected chi connectivity index (χ3v) is 2.91. The van der Waals surface area contributed by atoms with Crippen LogP contribution in [0.4, 0.5) is 0 Å². The largest absolute Gasteiger partial charge is 0.454 e. The fraction of sp³-hybridized carbons (Fsp3) is 0.400. The minimum Gasteiger partial charge on any atom is -0.454 e. The Morgan fingerprint density at radius 1 is 1.53 bits per heavy atom. The second-order valence-corrected chi connectivity index (χ2v) is 3.71. The Balaban J connectivity index is 2.36. The second-order valence-electron chi connectivity index (χ2n) is 3.33. The van der Waals surface area contributed by atoms with Gasteiger partial charge in [0.25, 0.3) is 0 Å². The Kier molecular flexibility index (Phi) is 3.00. The summed E-state index contributed by atoms with van der Waals surface area (Å²) in [6.45, 7) is 2.59. The maximum absolute atomic E-state index is 6.18. The molecule has 0 radical (unpaired) electrons. The zero-order valence-corrected chi connectivity index (χ0v) is 9.13. The summed E-state index contributed by atoms with van der Waals surface area (Å²) >= 11 is 6.18. The summed E-state index contributed by atoms with van der Waals surface area (Å²) in [5, 5.41) is 0.691. The van der Waals surface area contributed by atoms with Crippen molar-refractivity contribution in [2.45, 2.75) is 13.3 Å². The molecule has 2 rings (SSSR count). The average Bonchev–Trinajstić information content (AvgIpc) is 2.69. The van der Waals surface area contributed by atoms with Gasteiger partial charge in [0.05, 0.1) is 11.6 Å². The normalized spacial score (nSPS) is 13.3. The summed E-state index contributed by atoms with van der Waals surface area (Å²) in [7, 11) is 0. The lowest BCUT2D eigenvalue weighted by Crippen LogP contribution is -2.04. The second kappa shape index (κ2) is 4.26. The summed E-state index contributed by atoms with van der Waals surface area (Å²) in [6, 6.07) is 1.87. The molecule has 0 atom stereocenters. The van der Waals surface area contributed by atoms with Crippen molar-refractivity contribution in [3.05, 3.63) is 22.2 Å². The molecular formula is C10H12ClNO3. The minimum absolute atomic E-state index is 0.253. The van der Waals surface area contributed by atoms with Crippen LogP contribution < -0.4 is 15.4 Å². The third-order valence-electron chi connectivity index (χ3n) is 2.39. The Morgan fingerprint density at radius 3 is 3.07 bits per heavy atom. The summed E-state index contributed by atoms with van der Waals surface area (Å²) in [5.74, 6) is 6.45. The molecule has 0 fully saturated rings. The summed E-state index contributed by atoms with van der Waals surface area (Å²) in [4.78, 5) is 4.53. The van der Waals surface area contributed by atoms with E-state index in [0.29, 0.717) is 18.1 Å². The zero-order chi connectivity index (χ0) is 10.8. The molecule has 1 aliphatic rings. The Morgan fingerprint density at radius 2 is 2.33 bits per heavy atom. The van der Waals surface area contributed by atoms with E-state index in [1.807, 2.05) is 13.0 Å². The number of fused-ring (bicyclic) bond motifs is 1. The molecule has 82 valence electrons. The van der Waals surface area contributed by atoms with Crippen molar-refractivity contribution < 1.29 is 14.3 Å². The van der Waals surface area contributed by atoms with Crippen LogP contribution in [0.3, 0.4) is 0 Å². The Bertz CT molecular complexity index is 381. The van der Waals surface area contributed by atoms with E-state index in [9.17, 15) is 0 Å². The van der Waals surface area contributed by atoms with Crippen molar-refractivity contribution in [2.75, 3.05) is 13.4 Å². The van der Waals surface area contributed by atoms with Crippen molar-refractivity contribution in [2.24, 2.45) is 5.90 Å². The van der Waals surface area contributed by atoms with E-state index in [2.05, 4.69) is 4.84 Å². The number of ether oxygens (including phenoxy) is 2. The maximum atomic E-state index is 6.18. The Labute approximate surface area is 92.8 Å². The highest BCUT2D eigenvalue weighted by Gasteiger charge is 2.20. The predicted molar refractivity (Wildman–Crippen MR) is 56.2 cm³/mol. The zero-order valence-electron chi connectivity index (χ0n) is 8.38. The van der Waals surface area contributed by atoms with Crippen molar-refractivity contribution in [1.82, 2.24) is 0 Å². The molecule has 4 nitrogen and oxygen atoms in total. The van der Waals surface area contributed by atoms with E-state index in [0.717, 1.165) is 22.6 Å². The van der Waals surface area contributed by atoms with Crippen LogP contribution in [-0.4, -0.2) is 13.4 Å². The smallest absolute Gasteiger partial charge is 0.231 e. The fourth-order valence-electron chi connectivity index (χ4n) is 1.60.